The number of allylic oxidation sites excluding steroid dienone is 2. The summed E-state index contributed by atoms with van der Waals surface area (Å²) in [5.41, 5.74) is 21.5. The van der Waals surface area contributed by atoms with E-state index in [9.17, 15) is 0 Å². The highest BCUT2D eigenvalue weighted by molar-refractivity contribution is 6.13. The largest absolute Gasteiger partial charge is 0.332 e. The van der Waals surface area contributed by atoms with Gasteiger partial charge in [0.15, 0.2) is 0 Å². The highest BCUT2D eigenvalue weighted by atomic mass is 15.2. The Labute approximate surface area is 440 Å². The van der Waals surface area contributed by atoms with Crippen LogP contribution in [-0.4, -0.2) is 19.7 Å². The normalized spacial score (nSPS) is 15.1. The van der Waals surface area contributed by atoms with Crippen molar-refractivity contribution in [3.63, 3.8) is 0 Å². The fourth-order valence-corrected chi connectivity index (χ4v) is 13.0. The van der Waals surface area contributed by atoms with E-state index in [4.69, 9.17) is 0 Å². The zero-order chi connectivity index (χ0) is 49.8. The second-order valence-corrected chi connectivity index (χ2v) is 20.4. The molecule has 1 aliphatic carbocycles. The maximum atomic E-state index is 2.63. The van der Waals surface area contributed by atoms with E-state index in [-0.39, 0.29) is 12.0 Å². The Kier molecular flexibility index (Phi) is 9.43. The molecule has 0 radical (unpaired) electrons. The van der Waals surface area contributed by atoms with Crippen LogP contribution >= 0.6 is 0 Å². The van der Waals surface area contributed by atoms with Gasteiger partial charge in [-0.3, -0.25) is 0 Å². The molecule has 3 aromatic heterocycles. The number of fused-ring (bicyclic) bond motifs is 12. The molecule has 0 fully saturated rings. The maximum absolute atomic E-state index is 2.63. The third-order valence-electron chi connectivity index (χ3n) is 16.3. The van der Waals surface area contributed by atoms with Gasteiger partial charge in [-0.15, -0.1) is 0 Å². The standard InChI is InChI=1S/C72H48N4/c1-4-18-47(19-5-1)50-34-39-68-60(42-50)61-43-52(35-40-69(61)73(68)53-22-8-3-9-23-53)49-32-37-54(38-33-49)75-70-41-36-51(48-20-6-2-7-21-48)44-62(70)63-45-55(74-64-28-14-10-24-56(64)57-25-11-15-29-65(57)74)46-71(72(63)75)76-66-30-16-12-26-58(66)59-27-13-17-31-67(59)76/h1-46,62,70H. The molecular formula is C72H48N4. The molecule has 0 bridgehead atoms. The van der Waals surface area contributed by atoms with E-state index in [1.807, 2.05) is 0 Å². The Morgan fingerprint density at radius 2 is 0.724 bits per heavy atom. The van der Waals surface area contributed by atoms with Crippen molar-refractivity contribution in [3.8, 4) is 39.3 Å². The van der Waals surface area contributed by atoms with Crippen molar-refractivity contribution < 1.29 is 0 Å². The molecule has 2 aliphatic rings. The molecule has 0 amide bonds. The van der Waals surface area contributed by atoms with Crippen LogP contribution in [0.25, 0.3) is 110 Å². The fraction of sp³-hybridized carbons (Fsp3) is 0.0278. The van der Waals surface area contributed by atoms with E-state index < -0.39 is 0 Å². The van der Waals surface area contributed by atoms with Crippen molar-refractivity contribution in [2.75, 3.05) is 4.90 Å². The summed E-state index contributed by atoms with van der Waals surface area (Å²) in [5, 5.41) is 7.46. The number of aromatic nitrogens is 3. The minimum atomic E-state index is 0.0211. The summed E-state index contributed by atoms with van der Waals surface area (Å²) in [6.45, 7) is 0. The van der Waals surface area contributed by atoms with Gasteiger partial charge < -0.3 is 18.6 Å². The van der Waals surface area contributed by atoms with Gasteiger partial charge in [-0.2, -0.15) is 0 Å². The van der Waals surface area contributed by atoms with Crippen molar-refractivity contribution in [1.29, 1.82) is 0 Å². The Morgan fingerprint density at radius 1 is 0.289 bits per heavy atom. The van der Waals surface area contributed by atoms with E-state index in [1.54, 1.807) is 0 Å². The molecule has 4 nitrogen and oxygen atoms in total. The Morgan fingerprint density at radius 3 is 1.28 bits per heavy atom. The second-order valence-electron chi connectivity index (χ2n) is 20.4. The lowest BCUT2D eigenvalue weighted by Gasteiger charge is -2.31. The highest BCUT2D eigenvalue weighted by Crippen LogP contribution is 2.54. The third-order valence-corrected chi connectivity index (χ3v) is 16.3. The van der Waals surface area contributed by atoms with E-state index in [2.05, 4.69) is 298 Å². The van der Waals surface area contributed by atoms with Crippen LogP contribution in [0.1, 0.15) is 17.0 Å². The lowest BCUT2D eigenvalue weighted by molar-refractivity contribution is 0.746. The van der Waals surface area contributed by atoms with E-state index in [1.165, 1.54) is 110 Å². The van der Waals surface area contributed by atoms with Gasteiger partial charge in [-0.05, 0) is 124 Å². The smallest absolute Gasteiger partial charge is 0.0723 e. The predicted molar refractivity (Wildman–Crippen MR) is 319 cm³/mol. The Bertz CT molecular complexity index is 4580. The van der Waals surface area contributed by atoms with Gasteiger partial charge in [0, 0.05) is 55.3 Å². The number of para-hydroxylation sites is 5. The Balaban J connectivity index is 0.913. The molecule has 4 heteroatoms. The number of benzene rings is 11. The van der Waals surface area contributed by atoms with Gasteiger partial charge in [0.2, 0.25) is 0 Å². The van der Waals surface area contributed by atoms with Crippen LogP contribution < -0.4 is 4.90 Å². The average Bonchev–Trinajstić information content (AvgIpc) is 4.31. The number of hydrogen-bond donors (Lipinski definition) is 0. The van der Waals surface area contributed by atoms with Crippen LogP contribution in [0.3, 0.4) is 0 Å². The van der Waals surface area contributed by atoms with Crippen molar-refractivity contribution in [2.24, 2.45) is 0 Å². The predicted octanol–water partition coefficient (Wildman–Crippen LogP) is 18.6. The summed E-state index contributed by atoms with van der Waals surface area (Å²) in [4.78, 5) is 2.63. The first-order chi connectivity index (χ1) is 37.7. The summed E-state index contributed by atoms with van der Waals surface area (Å²) < 4.78 is 7.44. The van der Waals surface area contributed by atoms with Gasteiger partial charge >= 0.3 is 0 Å². The molecule has 0 saturated carbocycles. The van der Waals surface area contributed by atoms with Crippen LogP contribution in [0.5, 0.6) is 0 Å². The highest BCUT2D eigenvalue weighted by Gasteiger charge is 2.41. The molecule has 16 rings (SSSR count). The molecule has 4 heterocycles. The van der Waals surface area contributed by atoms with E-state index in [0.29, 0.717) is 0 Å². The molecule has 11 aromatic carbocycles. The summed E-state index contributed by atoms with van der Waals surface area (Å²) in [7, 11) is 0. The van der Waals surface area contributed by atoms with Crippen LogP contribution in [0.4, 0.5) is 11.4 Å². The average molecular weight is 969 g/mol. The second kappa shape index (κ2) is 16.8. The lowest BCUT2D eigenvalue weighted by Crippen LogP contribution is -2.29. The number of hydrogen-bond acceptors (Lipinski definition) is 1. The van der Waals surface area contributed by atoms with Gasteiger partial charge in [0.1, 0.15) is 0 Å². The molecule has 1 aliphatic heterocycles. The van der Waals surface area contributed by atoms with Crippen molar-refractivity contribution in [1.82, 2.24) is 13.7 Å². The molecule has 0 saturated heterocycles. The van der Waals surface area contributed by atoms with Crippen molar-refractivity contribution in [2.45, 2.75) is 12.0 Å². The molecule has 14 aromatic rings. The minimum Gasteiger partial charge on any atom is -0.332 e. The molecular weight excluding hydrogens is 921 g/mol. The fourth-order valence-electron chi connectivity index (χ4n) is 13.0. The van der Waals surface area contributed by atoms with Crippen LogP contribution in [0, 0.1) is 0 Å². The summed E-state index contributed by atoms with van der Waals surface area (Å²) in [6.07, 6.45) is 7.34. The van der Waals surface area contributed by atoms with Crippen molar-refractivity contribution in [3.05, 3.63) is 290 Å². The number of nitrogens with zero attached hydrogens (tertiary/aromatic N) is 4. The Hall–Kier alpha value is -9.90. The summed E-state index contributed by atoms with van der Waals surface area (Å²) >= 11 is 0. The van der Waals surface area contributed by atoms with Crippen LogP contribution in [0.2, 0.25) is 0 Å². The summed E-state index contributed by atoms with van der Waals surface area (Å²) in [5.74, 6) is 0.0554. The van der Waals surface area contributed by atoms with E-state index in [0.717, 1.165) is 22.7 Å². The SMILES string of the molecule is C1=CC2C(C=C1c1ccccc1)c1cc(-n3c4ccccc4c4ccccc43)cc(-n3c4ccccc4c4ccccc43)c1N2c1ccc(-c2ccc3c(c2)c2cc(-c4ccccc4)ccc2n3-c2ccccc2)cc1. The zero-order valence-corrected chi connectivity index (χ0v) is 41.5. The van der Waals surface area contributed by atoms with Crippen LogP contribution in [0.15, 0.2) is 279 Å². The molecule has 2 atom stereocenters. The molecule has 76 heavy (non-hydrogen) atoms. The zero-order valence-electron chi connectivity index (χ0n) is 41.5. The first kappa shape index (κ1) is 42.6. The summed E-state index contributed by atoms with van der Waals surface area (Å²) in [6, 6.07) is 96.2. The van der Waals surface area contributed by atoms with Crippen LogP contribution in [-0.2, 0) is 0 Å². The maximum Gasteiger partial charge on any atom is 0.0723 e. The quantitative estimate of drug-likeness (QED) is 0.156. The first-order valence-corrected chi connectivity index (χ1v) is 26.4. The lowest BCUT2D eigenvalue weighted by atomic mass is 9.86. The van der Waals surface area contributed by atoms with Gasteiger partial charge in [0.05, 0.1) is 50.5 Å². The molecule has 0 N–H and O–H groups in total. The van der Waals surface area contributed by atoms with Crippen molar-refractivity contribution >= 4 is 82.4 Å². The monoisotopic (exact) mass is 968 g/mol. The number of rotatable bonds is 7. The minimum absolute atomic E-state index is 0.0211. The number of anilines is 2. The third kappa shape index (κ3) is 6.44. The van der Waals surface area contributed by atoms with Gasteiger partial charge in [-0.1, -0.05) is 194 Å². The van der Waals surface area contributed by atoms with Gasteiger partial charge in [0.25, 0.3) is 0 Å². The topological polar surface area (TPSA) is 18.0 Å². The van der Waals surface area contributed by atoms with Gasteiger partial charge in [-0.25, -0.2) is 0 Å². The molecule has 356 valence electrons. The molecule has 0 spiro atoms. The molecule has 2 unspecified atom stereocenters. The first-order valence-electron chi connectivity index (χ1n) is 26.4. The van der Waals surface area contributed by atoms with E-state index >= 15 is 0 Å².